The van der Waals surface area contributed by atoms with Gasteiger partial charge in [-0.1, -0.05) is 65.7 Å². The average Bonchev–Trinajstić information content (AvgIpc) is 2.94. The Balaban J connectivity index is 1.37. The van der Waals surface area contributed by atoms with E-state index in [1.165, 1.54) is 10.4 Å². The van der Waals surface area contributed by atoms with Gasteiger partial charge in [-0.05, 0) is 60.7 Å². The van der Waals surface area contributed by atoms with Crippen molar-refractivity contribution in [2.24, 2.45) is 5.92 Å². The maximum absolute atomic E-state index is 14.0. The molecule has 3 aromatic carbocycles. The molecular weight excluding hydrogens is 541 g/mol. The molecule has 5 rings (SSSR count). The number of rotatable bonds is 5. The van der Waals surface area contributed by atoms with Gasteiger partial charge in [-0.25, -0.2) is 8.42 Å². The van der Waals surface area contributed by atoms with Crippen molar-refractivity contribution in [3.8, 4) is 0 Å². The Morgan fingerprint density at radius 2 is 1.55 bits per heavy atom. The minimum Gasteiger partial charge on any atom is -0.368 e. The quantitative estimate of drug-likeness (QED) is 0.409. The van der Waals surface area contributed by atoms with Crippen LogP contribution in [0.1, 0.15) is 23.5 Å². The third kappa shape index (κ3) is 5.57. The molecule has 0 radical (unpaired) electrons. The zero-order chi connectivity index (χ0) is 26.9. The van der Waals surface area contributed by atoms with Gasteiger partial charge in [0.15, 0.2) is 0 Å². The van der Waals surface area contributed by atoms with E-state index < -0.39 is 15.9 Å². The average molecular weight is 573 g/mol. The van der Waals surface area contributed by atoms with Crippen LogP contribution in [0.4, 0.5) is 5.69 Å². The molecule has 0 spiro atoms. The Morgan fingerprint density at radius 1 is 0.842 bits per heavy atom. The lowest BCUT2D eigenvalue weighted by Gasteiger charge is -2.42. The second-order valence-corrected chi connectivity index (χ2v) is 12.8. The third-order valence-corrected chi connectivity index (χ3v) is 9.99. The Labute approximate surface area is 234 Å². The van der Waals surface area contributed by atoms with Crippen molar-refractivity contribution in [3.63, 3.8) is 0 Å². The van der Waals surface area contributed by atoms with Gasteiger partial charge in [0.05, 0.1) is 10.8 Å². The zero-order valence-electron chi connectivity index (χ0n) is 21.3. The lowest BCUT2D eigenvalue weighted by molar-refractivity contribution is -0.137. The van der Waals surface area contributed by atoms with Gasteiger partial charge in [-0.2, -0.15) is 4.31 Å². The number of nitrogens with zero attached hydrogens (tertiary/aromatic N) is 3. The van der Waals surface area contributed by atoms with Crippen LogP contribution in [0.25, 0.3) is 0 Å². The summed E-state index contributed by atoms with van der Waals surface area (Å²) in [6.45, 7) is 5.08. The van der Waals surface area contributed by atoms with Gasteiger partial charge in [0.25, 0.3) is 0 Å². The topological polar surface area (TPSA) is 60.9 Å². The fraction of sp³-hybridized carbons (Fsp3) is 0.345. The number of hydrogen-bond acceptors (Lipinski definition) is 4. The molecule has 0 aliphatic carbocycles. The predicted octanol–water partition coefficient (Wildman–Crippen LogP) is 5.45. The zero-order valence-corrected chi connectivity index (χ0v) is 23.6. The van der Waals surface area contributed by atoms with Gasteiger partial charge in [-0.15, -0.1) is 0 Å². The maximum Gasteiger partial charge on any atom is 0.243 e. The molecule has 2 saturated heterocycles. The number of hydrogen-bond donors (Lipinski definition) is 0. The summed E-state index contributed by atoms with van der Waals surface area (Å²) in [7, 11) is -3.78. The molecule has 2 fully saturated rings. The highest BCUT2D eigenvalue weighted by Crippen LogP contribution is 2.37. The van der Waals surface area contributed by atoms with E-state index in [-0.39, 0.29) is 23.3 Å². The van der Waals surface area contributed by atoms with Gasteiger partial charge in [0.1, 0.15) is 0 Å². The van der Waals surface area contributed by atoms with Gasteiger partial charge in [-0.3, -0.25) is 4.79 Å². The second kappa shape index (κ2) is 11.3. The molecule has 200 valence electrons. The second-order valence-electron chi connectivity index (χ2n) is 9.98. The maximum atomic E-state index is 14.0. The van der Waals surface area contributed by atoms with E-state index in [1.54, 1.807) is 18.2 Å². The summed E-state index contributed by atoms with van der Waals surface area (Å²) in [4.78, 5) is 18.3. The molecule has 2 aliphatic rings. The molecule has 0 saturated carbocycles. The van der Waals surface area contributed by atoms with E-state index in [1.807, 2.05) is 53.4 Å². The SMILES string of the molecule is Cc1ccc(Cl)cc1N1CCN(C(=O)[C@@H]2CN(S(=O)(=O)c3cccc(Cl)c3)CC[C@H]2c2ccccc2)CC1. The van der Waals surface area contributed by atoms with Crippen LogP contribution in [0.3, 0.4) is 0 Å². The molecular formula is C29H31Cl2N3O3S. The molecule has 3 aromatic rings. The largest absolute Gasteiger partial charge is 0.368 e. The number of aryl methyl sites for hydroxylation is 1. The van der Waals surface area contributed by atoms with Crippen molar-refractivity contribution < 1.29 is 13.2 Å². The first-order valence-corrected chi connectivity index (χ1v) is 15.0. The summed E-state index contributed by atoms with van der Waals surface area (Å²) >= 11 is 12.3. The number of carbonyl (C=O) groups is 1. The van der Waals surface area contributed by atoms with Crippen molar-refractivity contribution in [3.05, 3.63) is 94.0 Å². The Hall–Kier alpha value is -2.58. The van der Waals surface area contributed by atoms with Gasteiger partial charge < -0.3 is 9.80 Å². The molecule has 6 nitrogen and oxygen atoms in total. The number of amides is 1. The van der Waals surface area contributed by atoms with E-state index >= 15 is 0 Å². The Morgan fingerprint density at radius 3 is 2.26 bits per heavy atom. The van der Waals surface area contributed by atoms with E-state index in [2.05, 4.69) is 11.8 Å². The highest BCUT2D eigenvalue weighted by molar-refractivity contribution is 7.89. The fourth-order valence-corrected chi connectivity index (χ4v) is 7.54. The molecule has 9 heteroatoms. The lowest BCUT2D eigenvalue weighted by atomic mass is 9.80. The summed E-state index contributed by atoms with van der Waals surface area (Å²) in [5, 5.41) is 1.06. The summed E-state index contributed by atoms with van der Waals surface area (Å²) in [6, 6.07) is 22.1. The van der Waals surface area contributed by atoms with Crippen LogP contribution in [-0.4, -0.2) is 62.8 Å². The van der Waals surface area contributed by atoms with E-state index in [0.29, 0.717) is 49.2 Å². The van der Waals surface area contributed by atoms with Crippen LogP contribution in [0.2, 0.25) is 10.0 Å². The van der Waals surface area contributed by atoms with Crippen LogP contribution in [0, 0.1) is 12.8 Å². The number of piperidine rings is 1. The smallest absolute Gasteiger partial charge is 0.243 e. The van der Waals surface area contributed by atoms with Gasteiger partial charge >= 0.3 is 0 Å². The van der Waals surface area contributed by atoms with Crippen molar-refractivity contribution in [2.45, 2.75) is 24.2 Å². The van der Waals surface area contributed by atoms with Crippen LogP contribution in [0.5, 0.6) is 0 Å². The number of anilines is 1. The minimum absolute atomic E-state index is 0.00677. The monoisotopic (exact) mass is 571 g/mol. The molecule has 0 aromatic heterocycles. The van der Waals surface area contributed by atoms with Crippen molar-refractivity contribution >= 4 is 44.8 Å². The lowest BCUT2D eigenvalue weighted by Crippen LogP contribution is -2.54. The highest BCUT2D eigenvalue weighted by atomic mass is 35.5. The van der Waals surface area contributed by atoms with E-state index in [4.69, 9.17) is 23.2 Å². The van der Waals surface area contributed by atoms with E-state index in [0.717, 1.165) is 16.8 Å². The summed E-state index contributed by atoms with van der Waals surface area (Å²) < 4.78 is 28.5. The Kier molecular flexibility index (Phi) is 8.00. The van der Waals surface area contributed by atoms with Crippen LogP contribution in [-0.2, 0) is 14.8 Å². The minimum atomic E-state index is -3.78. The van der Waals surface area contributed by atoms with Crippen LogP contribution in [0.15, 0.2) is 77.7 Å². The molecule has 2 aliphatic heterocycles. The highest BCUT2D eigenvalue weighted by Gasteiger charge is 2.41. The molecule has 2 heterocycles. The number of piperazine rings is 1. The Bertz CT molecular complexity index is 1410. The molecule has 0 unspecified atom stereocenters. The molecule has 0 N–H and O–H groups in total. The predicted molar refractivity (Wildman–Crippen MR) is 152 cm³/mol. The van der Waals surface area contributed by atoms with Crippen LogP contribution < -0.4 is 4.90 Å². The van der Waals surface area contributed by atoms with E-state index in [9.17, 15) is 13.2 Å². The number of halogens is 2. The standard InChI is InChI=1S/C29H31Cl2N3O3S/c1-21-10-11-24(31)19-28(21)32-14-16-33(17-15-32)29(35)27-20-34(13-12-26(27)22-6-3-2-4-7-22)38(36,37)25-9-5-8-23(30)18-25/h2-11,18-19,26-27H,12-17,20H2,1H3/t26-,27+/m0/s1. The number of benzene rings is 3. The summed E-state index contributed by atoms with van der Waals surface area (Å²) in [6.07, 6.45) is 0.571. The third-order valence-electron chi connectivity index (χ3n) is 7.66. The molecule has 1 amide bonds. The van der Waals surface area contributed by atoms with Crippen molar-refractivity contribution in [1.82, 2.24) is 9.21 Å². The van der Waals surface area contributed by atoms with Crippen molar-refractivity contribution in [2.75, 3.05) is 44.2 Å². The summed E-state index contributed by atoms with van der Waals surface area (Å²) in [5.41, 5.74) is 3.30. The fourth-order valence-electron chi connectivity index (χ4n) is 5.59. The number of carbonyl (C=O) groups excluding carboxylic acids is 1. The van der Waals surface area contributed by atoms with Gasteiger partial charge in [0, 0.05) is 55.0 Å². The number of sulfonamides is 1. The molecule has 2 atom stereocenters. The first-order valence-electron chi connectivity index (χ1n) is 12.8. The van der Waals surface area contributed by atoms with Crippen molar-refractivity contribution in [1.29, 1.82) is 0 Å². The van der Waals surface area contributed by atoms with Gasteiger partial charge in [0.2, 0.25) is 15.9 Å². The first-order chi connectivity index (χ1) is 18.2. The molecule has 38 heavy (non-hydrogen) atoms. The first kappa shape index (κ1) is 27.0. The normalized spacial score (nSPS) is 20.9. The molecule has 0 bridgehead atoms. The summed E-state index contributed by atoms with van der Waals surface area (Å²) in [5.74, 6) is -0.519. The van der Waals surface area contributed by atoms with Crippen LogP contribution >= 0.6 is 23.2 Å².